The van der Waals surface area contributed by atoms with Crippen molar-refractivity contribution < 1.29 is 9.53 Å². The van der Waals surface area contributed by atoms with Crippen LogP contribution in [0.3, 0.4) is 0 Å². The molecule has 0 aliphatic heterocycles. The van der Waals surface area contributed by atoms with Crippen molar-refractivity contribution in [3.05, 3.63) is 65.2 Å². The van der Waals surface area contributed by atoms with E-state index < -0.39 is 0 Å². The Kier molecular flexibility index (Phi) is 7.73. The first kappa shape index (κ1) is 19.6. The molecular weight excluding hydrogens is 324 g/mol. The van der Waals surface area contributed by atoms with Gasteiger partial charge in [0, 0.05) is 30.3 Å². The second kappa shape index (κ2) is 10.3. The van der Waals surface area contributed by atoms with E-state index in [1.54, 1.807) is 0 Å². The van der Waals surface area contributed by atoms with Gasteiger partial charge >= 0.3 is 0 Å². The van der Waals surface area contributed by atoms with Crippen LogP contribution in [-0.2, 0) is 13.1 Å². The first-order valence-corrected chi connectivity index (χ1v) is 8.88. The van der Waals surface area contributed by atoms with Crippen molar-refractivity contribution in [2.24, 2.45) is 0 Å². The standard InChI is InChI=1S/C22H26N2O2/c1-4-13-26-21-12-7-6-10-20(21)16-23-15-18-9-8-11-19(14-18)22(25)24-17(3)5-2/h1,6-12,14,17,23H,5,13,15-16H2,2-3H3,(H,24,25). The number of terminal acetylenes is 1. The number of hydrogen-bond donors (Lipinski definition) is 2. The predicted octanol–water partition coefficient (Wildman–Crippen LogP) is 3.52. The van der Waals surface area contributed by atoms with Gasteiger partial charge in [0.05, 0.1) is 0 Å². The van der Waals surface area contributed by atoms with E-state index >= 15 is 0 Å². The molecule has 4 heteroatoms. The molecule has 0 aliphatic rings. The number of para-hydroxylation sites is 1. The highest BCUT2D eigenvalue weighted by atomic mass is 16.5. The van der Waals surface area contributed by atoms with Gasteiger partial charge in [-0.05, 0) is 37.1 Å². The fourth-order valence-corrected chi connectivity index (χ4v) is 2.48. The lowest BCUT2D eigenvalue weighted by molar-refractivity contribution is 0.0939. The molecular formula is C22H26N2O2. The summed E-state index contributed by atoms with van der Waals surface area (Å²) in [5.41, 5.74) is 2.79. The molecule has 2 N–H and O–H groups in total. The first-order valence-electron chi connectivity index (χ1n) is 8.88. The zero-order chi connectivity index (χ0) is 18.8. The van der Waals surface area contributed by atoms with Gasteiger partial charge in [0.1, 0.15) is 12.4 Å². The second-order valence-electron chi connectivity index (χ2n) is 6.19. The predicted molar refractivity (Wildman–Crippen MR) is 105 cm³/mol. The van der Waals surface area contributed by atoms with E-state index in [1.807, 2.05) is 55.5 Å². The minimum Gasteiger partial charge on any atom is -0.481 e. The topological polar surface area (TPSA) is 50.4 Å². The Morgan fingerprint density at radius 1 is 1.19 bits per heavy atom. The van der Waals surface area contributed by atoms with Crippen LogP contribution in [-0.4, -0.2) is 18.6 Å². The normalized spacial score (nSPS) is 11.4. The van der Waals surface area contributed by atoms with Gasteiger partial charge in [-0.1, -0.05) is 43.2 Å². The smallest absolute Gasteiger partial charge is 0.251 e. The highest BCUT2D eigenvalue weighted by Gasteiger charge is 2.09. The Morgan fingerprint density at radius 3 is 2.77 bits per heavy atom. The summed E-state index contributed by atoms with van der Waals surface area (Å²) < 4.78 is 5.56. The van der Waals surface area contributed by atoms with Crippen molar-refractivity contribution in [3.8, 4) is 18.1 Å². The third-order valence-corrected chi connectivity index (χ3v) is 4.11. The van der Waals surface area contributed by atoms with E-state index in [9.17, 15) is 4.79 Å². The third kappa shape index (κ3) is 5.94. The molecule has 0 saturated heterocycles. The highest BCUT2D eigenvalue weighted by molar-refractivity contribution is 5.94. The zero-order valence-corrected chi connectivity index (χ0v) is 15.4. The van der Waals surface area contributed by atoms with Gasteiger partial charge < -0.3 is 15.4 Å². The Hall–Kier alpha value is -2.77. The Morgan fingerprint density at radius 2 is 2.00 bits per heavy atom. The molecule has 0 aromatic heterocycles. The number of amides is 1. The lowest BCUT2D eigenvalue weighted by Gasteiger charge is -2.13. The molecule has 0 aliphatic carbocycles. The van der Waals surface area contributed by atoms with Crippen LogP contribution in [0.15, 0.2) is 48.5 Å². The maximum Gasteiger partial charge on any atom is 0.251 e. The van der Waals surface area contributed by atoms with E-state index in [-0.39, 0.29) is 18.6 Å². The minimum atomic E-state index is -0.0331. The van der Waals surface area contributed by atoms with Crippen LogP contribution in [0.4, 0.5) is 0 Å². The average Bonchev–Trinajstić information content (AvgIpc) is 2.67. The van der Waals surface area contributed by atoms with Gasteiger partial charge in [-0.15, -0.1) is 6.42 Å². The van der Waals surface area contributed by atoms with Crippen LogP contribution in [0.5, 0.6) is 5.75 Å². The van der Waals surface area contributed by atoms with Crippen molar-refractivity contribution in [3.63, 3.8) is 0 Å². The van der Waals surface area contributed by atoms with Gasteiger partial charge in [-0.3, -0.25) is 4.79 Å². The SMILES string of the molecule is C#CCOc1ccccc1CNCc1cccc(C(=O)NC(C)CC)c1. The second-order valence-corrected chi connectivity index (χ2v) is 6.19. The third-order valence-electron chi connectivity index (χ3n) is 4.11. The van der Waals surface area contributed by atoms with Crippen LogP contribution < -0.4 is 15.4 Å². The lowest BCUT2D eigenvalue weighted by Crippen LogP contribution is -2.32. The van der Waals surface area contributed by atoms with E-state index in [1.165, 1.54) is 0 Å². The molecule has 0 fully saturated rings. The van der Waals surface area contributed by atoms with E-state index in [2.05, 4.69) is 23.5 Å². The molecule has 26 heavy (non-hydrogen) atoms. The Labute approximate surface area is 156 Å². The molecule has 0 heterocycles. The van der Waals surface area contributed by atoms with Gasteiger partial charge in [-0.25, -0.2) is 0 Å². The van der Waals surface area contributed by atoms with Gasteiger partial charge in [0.2, 0.25) is 0 Å². The summed E-state index contributed by atoms with van der Waals surface area (Å²) in [6.45, 7) is 5.63. The lowest BCUT2D eigenvalue weighted by atomic mass is 10.1. The largest absolute Gasteiger partial charge is 0.481 e. The number of ether oxygens (including phenoxy) is 1. The molecule has 2 aromatic carbocycles. The summed E-state index contributed by atoms with van der Waals surface area (Å²) in [5.74, 6) is 3.24. The first-order chi connectivity index (χ1) is 12.6. The molecule has 0 radical (unpaired) electrons. The minimum absolute atomic E-state index is 0.0331. The fraction of sp³-hybridized carbons (Fsp3) is 0.318. The quantitative estimate of drug-likeness (QED) is 0.681. The average molecular weight is 350 g/mol. The van der Waals surface area contributed by atoms with Crippen molar-refractivity contribution in [2.75, 3.05) is 6.61 Å². The highest BCUT2D eigenvalue weighted by Crippen LogP contribution is 2.17. The summed E-state index contributed by atoms with van der Waals surface area (Å²) in [7, 11) is 0. The maximum atomic E-state index is 12.2. The summed E-state index contributed by atoms with van der Waals surface area (Å²) in [6.07, 6.45) is 6.17. The number of benzene rings is 2. The van der Waals surface area contributed by atoms with Crippen LogP contribution in [0, 0.1) is 12.3 Å². The van der Waals surface area contributed by atoms with Crippen LogP contribution in [0.1, 0.15) is 41.8 Å². The van der Waals surface area contributed by atoms with E-state index in [0.717, 1.165) is 23.3 Å². The molecule has 1 unspecified atom stereocenters. The fourth-order valence-electron chi connectivity index (χ4n) is 2.48. The molecule has 1 amide bonds. The summed E-state index contributed by atoms with van der Waals surface area (Å²) in [4.78, 5) is 12.2. The molecule has 4 nitrogen and oxygen atoms in total. The molecule has 2 rings (SSSR count). The molecule has 136 valence electrons. The van der Waals surface area contributed by atoms with Crippen molar-refractivity contribution in [1.82, 2.24) is 10.6 Å². The maximum absolute atomic E-state index is 12.2. The van der Waals surface area contributed by atoms with Crippen LogP contribution >= 0.6 is 0 Å². The monoisotopic (exact) mass is 350 g/mol. The Balaban J connectivity index is 1.93. The number of nitrogens with one attached hydrogen (secondary N) is 2. The summed E-state index contributed by atoms with van der Waals surface area (Å²) in [6, 6.07) is 15.7. The number of hydrogen-bond acceptors (Lipinski definition) is 3. The van der Waals surface area contributed by atoms with Gasteiger partial charge in [0.15, 0.2) is 0 Å². The summed E-state index contributed by atoms with van der Waals surface area (Å²) >= 11 is 0. The van der Waals surface area contributed by atoms with E-state index in [0.29, 0.717) is 18.7 Å². The molecule has 0 bridgehead atoms. The van der Waals surface area contributed by atoms with Gasteiger partial charge in [0.25, 0.3) is 5.91 Å². The molecule has 1 atom stereocenters. The van der Waals surface area contributed by atoms with E-state index in [4.69, 9.17) is 11.2 Å². The number of carbonyl (C=O) groups excluding carboxylic acids is 1. The summed E-state index contributed by atoms with van der Waals surface area (Å²) in [5, 5.41) is 6.38. The Bertz CT molecular complexity index is 765. The van der Waals surface area contributed by atoms with Crippen molar-refractivity contribution >= 4 is 5.91 Å². The molecule has 0 saturated carbocycles. The molecule has 0 spiro atoms. The van der Waals surface area contributed by atoms with Crippen LogP contribution in [0.25, 0.3) is 0 Å². The zero-order valence-electron chi connectivity index (χ0n) is 15.4. The van der Waals surface area contributed by atoms with Crippen molar-refractivity contribution in [1.29, 1.82) is 0 Å². The van der Waals surface area contributed by atoms with Crippen LogP contribution in [0.2, 0.25) is 0 Å². The van der Waals surface area contributed by atoms with Crippen molar-refractivity contribution in [2.45, 2.75) is 39.4 Å². The van der Waals surface area contributed by atoms with Gasteiger partial charge in [-0.2, -0.15) is 0 Å². The number of rotatable bonds is 9. The molecule has 2 aromatic rings. The number of carbonyl (C=O) groups is 1.